The summed E-state index contributed by atoms with van der Waals surface area (Å²) in [4.78, 5) is 12.6. The molecule has 1 fully saturated rings. The lowest BCUT2D eigenvalue weighted by atomic mass is 10.4. The Kier molecular flexibility index (Phi) is 4.66. The molecule has 0 aliphatic heterocycles. The molecule has 1 saturated carbocycles. The van der Waals surface area contributed by atoms with Crippen LogP contribution in [0.4, 0.5) is 5.69 Å². The van der Waals surface area contributed by atoms with E-state index in [4.69, 9.17) is 5.73 Å². The van der Waals surface area contributed by atoms with Crippen LogP contribution in [0.5, 0.6) is 0 Å². The monoisotopic (exact) mass is 334 g/mol. The normalized spacial score (nSPS) is 15.3. The maximum absolute atomic E-state index is 12.2. The molecule has 0 radical (unpaired) electrons. The quantitative estimate of drug-likeness (QED) is 0.778. The average Bonchev–Trinajstić information content (AvgIpc) is 3.13. The molecule has 0 saturated heterocycles. The van der Waals surface area contributed by atoms with E-state index >= 15 is 0 Å². The highest BCUT2D eigenvalue weighted by Crippen LogP contribution is 2.41. The molecule has 1 aliphatic rings. The first-order valence-electron chi connectivity index (χ1n) is 6.49. The van der Waals surface area contributed by atoms with Crippen LogP contribution in [-0.2, 0) is 9.84 Å². The number of rotatable bonds is 6. The zero-order chi connectivity index (χ0) is 14.9. The number of nitrogen functional groups attached to an aromatic ring is 1. The van der Waals surface area contributed by atoms with Gasteiger partial charge in [-0.25, -0.2) is 8.42 Å². The number of nitrogens with two attached hydrogens (primary N) is 1. The number of amides is 1. The number of thiophene rings is 1. The fourth-order valence-electron chi connectivity index (χ4n) is 1.72. The first kappa shape index (κ1) is 15.7. The Morgan fingerprint density at radius 3 is 2.60 bits per heavy atom. The van der Waals surface area contributed by atoms with Crippen molar-refractivity contribution in [3.05, 3.63) is 4.88 Å². The van der Waals surface area contributed by atoms with Crippen LogP contribution >= 0.6 is 23.1 Å². The third kappa shape index (κ3) is 3.12. The van der Waals surface area contributed by atoms with Crippen molar-refractivity contribution < 1.29 is 13.2 Å². The van der Waals surface area contributed by atoms with Gasteiger partial charge in [0.2, 0.25) is 0 Å². The van der Waals surface area contributed by atoms with Gasteiger partial charge in [-0.3, -0.25) is 4.79 Å². The molecule has 1 heterocycles. The van der Waals surface area contributed by atoms with Crippen LogP contribution in [0.1, 0.15) is 36.4 Å². The minimum Gasteiger partial charge on any atom is -0.396 e. The number of hydrogen-bond acceptors (Lipinski definition) is 6. The fraction of sp³-hybridized carbons (Fsp3) is 0.583. The SMILES string of the molecule is CCSc1sc(C(=O)NC2CC2)c(N)c1S(=O)(=O)CC. The Morgan fingerprint density at radius 2 is 2.10 bits per heavy atom. The molecule has 5 nitrogen and oxygen atoms in total. The molecule has 0 aromatic carbocycles. The van der Waals surface area contributed by atoms with Gasteiger partial charge in [-0.05, 0) is 18.6 Å². The van der Waals surface area contributed by atoms with E-state index in [1.165, 1.54) is 23.1 Å². The molecule has 0 atom stereocenters. The van der Waals surface area contributed by atoms with Crippen molar-refractivity contribution in [3.8, 4) is 0 Å². The first-order valence-corrected chi connectivity index (χ1v) is 9.94. The second-order valence-electron chi connectivity index (χ2n) is 4.55. The molecule has 1 aromatic rings. The number of nitrogens with one attached hydrogen (secondary N) is 1. The predicted octanol–water partition coefficient (Wildman–Crippen LogP) is 2.13. The van der Waals surface area contributed by atoms with Gasteiger partial charge in [0.25, 0.3) is 5.91 Å². The molecule has 1 aromatic heterocycles. The van der Waals surface area contributed by atoms with E-state index in [0.29, 0.717) is 9.09 Å². The molecule has 0 bridgehead atoms. The van der Waals surface area contributed by atoms with Gasteiger partial charge >= 0.3 is 0 Å². The van der Waals surface area contributed by atoms with Gasteiger partial charge in [0.05, 0.1) is 15.6 Å². The van der Waals surface area contributed by atoms with Crippen molar-refractivity contribution in [2.24, 2.45) is 0 Å². The Bertz CT molecular complexity index is 618. The maximum Gasteiger partial charge on any atom is 0.263 e. The lowest BCUT2D eigenvalue weighted by Crippen LogP contribution is -2.25. The van der Waals surface area contributed by atoms with E-state index in [2.05, 4.69) is 5.32 Å². The van der Waals surface area contributed by atoms with Crippen molar-refractivity contribution in [2.75, 3.05) is 17.2 Å². The number of anilines is 1. The summed E-state index contributed by atoms with van der Waals surface area (Å²) in [6.07, 6.45) is 1.96. The summed E-state index contributed by atoms with van der Waals surface area (Å²) in [5, 5.41) is 2.85. The van der Waals surface area contributed by atoms with E-state index in [1.807, 2.05) is 6.92 Å². The molecule has 0 unspecified atom stereocenters. The molecular formula is C12H18N2O3S3. The van der Waals surface area contributed by atoms with E-state index < -0.39 is 9.84 Å². The summed E-state index contributed by atoms with van der Waals surface area (Å²) in [5.41, 5.74) is 6.05. The lowest BCUT2D eigenvalue weighted by Gasteiger charge is -2.04. The van der Waals surface area contributed by atoms with E-state index in [0.717, 1.165) is 18.6 Å². The summed E-state index contributed by atoms with van der Waals surface area (Å²) in [6, 6.07) is 0.220. The molecule has 2 rings (SSSR count). The predicted molar refractivity (Wildman–Crippen MR) is 83.3 cm³/mol. The van der Waals surface area contributed by atoms with Gasteiger partial charge in [0.15, 0.2) is 9.84 Å². The highest BCUT2D eigenvalue weighted by molar-refractivity contribution is 8.02. The molecular weight excluding hydrogens is 316 g/mol. The second kappa shape index (κ2) is 5.95. The van der Waals surface area contributed by atoms with Crippen molar-refractivity contribution in [1.82, 2.24) is 5.32 Å². The van der Waals surface area contributed by atoms with Crippen molar-refractivity contribution in [2.45, 2.75) is 41.8 Å². The van der Waals surface area contributed by atoms with Crippen molar-refractivity contribution >= 4 is 44.5 Å². The number of sulfone groups is 1. The highest BCUT2D eigenvalue weighted by atomic mass is 32.2. The van der Waals surface area contributed by atoms with Crippen LogP contribution in [0.2, 0.25) is 0 Å². The minimum atomic E-state index is -3.42. The smallest absolute Gasteiger partial charge is 0.263 e. The van der Waals surface area contributed by atoms with Gasteiger partial charge in [-0.1, -0.05) is 13.8 Å². The van der Waals surface area contributed by atoms with Gasteiger partial charge in [-0.2, -0.15) is 0 Å². The summed E-state index contributed by atoms with van der Waals surface area (Å²) < 4.78 is 25.0. The van der Waals surface area contributed by atoms with E-state index in [1.54, 1.807) is 6.92 Å². The summed E-state index contributed by atoms with van der Waals surface area (Å²) in [5.74, 6) is 0.454. The zero-order valence-electron chi connectivity index (χ0n) is 11.4. The van der Waals surface area contributed by atoms with E-state index in [9.17, 15) is 13.2 Å². The zero-order valence-corrected chi connectivity index (χ0v) is 13.9. The van der Waals surface area contributed by atoms with Crippen LogP contribution in [0.25, 0.3) is 0 Å². The summed E-state index contributed by atoms with van der Waals surface area (Å²) in [6.45, 7) is 3.52. The molecule has 0 spiro atoms. The van der Waals surface area contributed by atoms with Gasteiger partial charge in [-0.15, -0.1) is 23.1 Å². The Morgan fingerprint density at radius 1 is 1.45 bits per heavy atom. The fourth-order valence-corrected chi connectivity index (χ4v) is 5.92. The molecule has 1 amide bonds. The van der Waals surface area contributed by atoms with E-state index in [-0.39, 0.29) is 28.3 Å². The molecule has 8 heteroatoms. The Hall–Kier alpha value is -0.730. The molecule has 112 valence electrons. The highest BCUT2D eigenvalue weighted by Gasteiger charge is 2.31. The number of carbonyl (C=O) groups excluding carboxylic acids is 1. The van der Waals surface area contributed by atoms with Gasteiger partial charge < -0.3 is 11.1 Å². The third-order valence-electron chi connectivity index (χ3n) is 2.95. The minimum absolute atomic E-state index is 0.0190. The second-order valence-corrected chi connectivity index (χ2v) is 9.31. The van der Waals surface area contributed by atoms with Crippen molar-refractivity contribution in [1.29, 1.82) is 0 Å². The van der Waals surface area contributed by atoms with Crippen LogP contribution in [0.15, 0.2) is 9.10 Å². The largest absolute Gasteiger partial charge is 0.396 e. The van der Waals surface area contributed by atoms with Crippen LogP contribution in [-0.4, -0.2) is 31.9 Å². The molecule has 20 heavy (non-hydrogen) atoms. The number of carbonyl (C=O) groups is 1. The topological polar surface area (TPSA) is 89.3 Å². The lowest BCUT2D eigenvalue weighted by molar-refractivity contribution is 0.0956. The van der Waals surface area contributed by atoms with Gasteiger partial charge in [0.1, 0.15) is 9.77 Å². The first-order chi connectivity index (χ1) is 9.40. The van der Waals surface area contributed by atoms with Gasteiger partial charge in [0, 0.05) is 6.04 Å². The average molecular weight is 334 g/mol. The number of thioether (sulfide) groups is 1. The number of hydrogen-bond donors (Lipinski definition) is 2. The summed E-state index contributed by atoms with van der Waals surface area (Å²) >= 11 is 2.59. The maximum atomic E-state index is 12.2. The Labute approximate surface area is 127 Å². The standard InChI is InChI=1S/C12H18N2O3S3/c1-3-18-12-10(20(16,17)4-2)8(13)9(19-12)11(15)14-7-5-6-7/h7H,3-6,13H2,1-2H3,(H,14,15). The molecule has 1 aliphatic carbocycles. The Balaban J connectivity index is 2.44. The summed E-state index contributed by atoms with van der Waals surface area (Å²) in [7, 11) is -3.42. The molecule has 3 N–H and O–H groups in total. The van der Waals surface area contributed by atoms with Crippen LogP contribution in [0.3, 0.4) is 0 Å². The van der Waals surface area contributed by atoms with Crippen LogP contribution < -0.4 is 11.1 Å². The van der Waals surface area contributed by atoms with Crippen molar-refractivity contribution in [3.63, 3.8) is 0 Å². The third-order valence-corrected chi connectivity index (χ3v) is 7.38. The van der Waals surface area contributed by atoms with Crippen LogP contribution in [0, 0.1) is 0 Å².